The van der Waals surface area contributed by atoms with E-state index >= 15 is 0 Å². The summed E-state index contributed by atoms with van der Waals surface area (Å²) in [5.41, 5.74) is 5.28. The lowest BCUT2D eigenvalue weighted by Crippen LogP contribution is -2.25. The summed E-state index contributed by atoms with van der Waals surface area (Å²) in [6, 6.07) is 11.0. The summed E-state index contributed by atoms with van der Waals surface area (Å²) in [4.78, 5) is 11.7. The van der Waals surface area contributed by atoms with Gasteiger partial charge in [-0.2, -0.15) is 5.10 Å². The number of nitrogens with one attached hydrogen (secondary N) is 2. The van der Waals surface area contributed by atoms with Crippen LogP contribution in [0.15, 0.2) is 50.4 Å². The number of nitrogens with zero attached hydrogens (tertiary/aromatic N) is 1. The molecule has 2 N–H and O–H groups in total. The topological polar surface area (TPSA) is 53.5 Å². The smallest absolute Gasteiger partial charge is 0.259 e. The Morgan fingerprint density at radius 2 is 1.83 bits per heavy atom. The Kier molecular flexibility index (Phi) is 6.62. The summed E-state index contributed by atoms with van der Waals surface area (Å²) < 4.78 is 1.95. The quantitative estimate of drug-likeness (QED) is 0.502. The third-order valence-corrected chi connectivity index (χ3v) is 4.90. The van der Waals surface area contributed by atoms with Gasteiger partial charge in [0.05, 0.1) is 12.8 Å². The number of benzene rings is 2. The number of rotatable bonds is 5. The average Bonchev–Trinajstić information content (AvgIpc) is 2.52. The van der Waals surface area contributed by atoms with Crippen LogP contribution in [0.5, 0.6) is 0 Å². The predicted molar refractivity (Wildman–Crippen MR) is 102 cm³/mol. The van der Waals surface area contributed by atoms with Crippen LogP contribution in [-0.2, 0) is 4.79 Å². The fourth-order valence-electron chi connectivity index (χ4n) is 1.71. The van der Waals surface area contributed by atoms with Crippen LogP contribution >= 0.6 is 43.5 Å². The molecule has 7 heteroatoms. The van der Waals surface area contributed by atoms with Crippen LogP contribution in [0.4, 0.5) is 5.69 Å². The molecule has 0 radical (unpaired) electrons. The van der Waals surface area contributed by atoms with E-state index in [1.807, 2.05) is 19.1 Å². The molecule has 0 saturated carbocycles. The Morgan fingerprint density at radius 1 is 1.22 bits per heavy atom. The molecule has 2 aromatic carbocycles. The fraction of sp³-hybridized carbons (Fsp3) is 0.125. The second-order valence-corrected chi connectivity index (χ2v) is 6.91. The Bertz CT molecular complexity index is 710. The summed E-state index contributed by atoms with van der Waals surface area (Å²) >= 11 is 12.8. The number of carbonyl (C=O) groups excluding carboxylic acids is 1. The van der Waals surface area contributed by atoms with Crippen LogP contribution in [0.3, 0.4) is 0 Å². The largest absolute Gasteiger partial charge is 0.376 e. The van der Waals surface area contributed by atoms with Crippen molar-refractivity contribution in [2.24, 2.45) is 5.10 Å². The molecule has 2 aromatic rings. The summed E-state index contributed by atoms with van der Waals surface area (Å²) in [6.45, 7) is 2.12. The molecule has 0 aliphatic heterocycles. The molecule has 0 unspecified atom stereocenters. The number of halogens is 3. The van der Waals surface area contributed by atoms with Gasteiger partial charge in [0.2, 0.25) is 0 Å². The Balaban J connectivity index is 1.85. The maximum absolute atomic E-state index is 11.7. The lowest BCUT2D eigenvalue weighted by Gasteiger charge is -2.05. The fourth-order valence-corrected chi connectivity index (χ4v) is 3.06. The van der Waals surface area contributed by atoms with Crippen molar-refractivity contribution in [3.63, 3.8) is 0 Å². The van der Waals surface area contributed by atoms with Gasteiger partial charge in [0.1, 0.15) is 0 Å². The monoisotopic (exact) mass is 457 g/mol. The van der Waals surface area contributed by atoms with Crippen LogP contribution in [-0.4, -0.2) is 18.7 Å². The number of hydrazone groups is 1. The maximum Gasteiger partial charge on any atom is 0.259 e. The molecule has 4 nitrogen and oxygen atoms in total. The van der Waals surface area contributed by atoms with E-state index in [1.165, 1.54) is 0 Å². The third-order valence-electron chi connectivity index (χ3n) is 3.00. The summed E-state index contributed by atoms with van der Waals surface area (Å²) in [5, 5.41) is 7.59. The van der Waals surface area contributed by atoms with E-state index in [1.54, 1.807) is 30.5 Å². The molecule has 2 rings (SSSR count). The molecule has 0 aromatic heterocycles. The van der Waals surface area contributed by atoms with Gasteiger partial charge in [0, 0.05) is 19.7 Å². The van der Waals surface area contributed by atoms with Gasteiger partial charge in [-0.3, -0.25) is 4.79 Å². The Morgan fingerprint density at radius 3 is 2.43 bits per heavy atom. The molecule has 0 spiro atoms. The second kappa shape index (κ2) is 8.47. The number of carbonyl (C=O) groups is 1. The molecule has 0 aliphatic carbocycles. The first-order valence-corrected chi connectivity index (χ1v) is 8.69. The lowest BCUT2D eigenvalue weighted by atomic mass is 10.2. The van der Waals surface area contributed by atoms with E-state index in [-0.39, 0.29) is 12.5 Å². The molecule has 0 aliphatic rings. The van der Waals surface area contributed by atoms with E-state index in [0.29, 0.717) is 5.02 Å². The first-order valence-electron chi connectivity index (χ1n) is 6.72. The van der Waals surface area contributed by atoms with Gasteiger partial charge >= 0.3 is 0 Å². The molecule has 0 heterocycles. The highest BCUT2D eigenvalue weighted by atomic mass is 79.9. The summed E-state index contributed by atoms with van der Waals surface area (Å²) in [6.07, 6.45) is 1.59. The van der Waals surface area contributed by atoms with Gasteiger partial charge in [-0.15, -0.1) is 0 Å². The normalized spacial score (nSPS) is 10.8. The SMILES string of the molecule is Cc1c(Br)cc(/C=N\NC(=O)CNc2ccc(Cl)cc2)cc1Br. The minimum absolute atomic E-state index is 0.125. The molecule has 0 atom stereocenters. The third kappa shape index (κ3) is 5.64. The number of anilines is 1. The zero-order chi connectivity index (χ0) is 16.8. The van der Waals surface area contributed by atoms with E-state index in [0.717, 1.165) is 25.8 Å². The van der Waals surface area contributed by atoms with Crippen LogP contribution in [0, 0.1) is 6.92 Å². The van der Waals surface area contributed by atoms with Crippen LogP contribution in [0.1, 0.15) is 11.1 Å². The zero-order valence-electron chi connectivity index (χ0n) is 12.2. The van der Waals surface area contributed by atoms with Gasteiger partial charge in [-0.25, -0.2) is 5.43 Å². The van der Waals surface area contributed by atoms with Crippen molar-refractivity contribution >= 4 is 61.3 Å². The first kappa shape index (κ1) is 18.0. The standard InChI is InChI=1S/C16H14Br2ClN3O/c1-10-14(17)6-11(7-15(10)18)8-21-22-16(23)9-20-13-4-2-12(19)3-5-13/h2-8,20H,9H2,1H3,(H,22,23)/b21-8-. The number of amides is 1. The molecule has 120 valence electrons. The van der Waals surface area contributed by atoms with Crippen molar-refractivity contribution in [2.75, 3.05) is 11.9 Å². The summed E-state index contributed by atoms with van der Waals surface area (Å²) in [7, 11) is 0. The van der Waals surface area contributed by atoms with Crippen molar-refractivity contribution in [1.29, 1.82) is 0 Å². The van der Waals surface area contributed by atoms with E-state index < -0.39 is 0 Å². The van der Waals surface area contributed by atoms with Gasteiger partial charge < -0.3 is 5.32 Å². The van der Waals surface area contributed by atoms with Gasteiger partial charge in [0.15, 0.2) is 0 Å². The molecular weight excluding hydrogens is 445 g/mol. The predicted octanol–water partition coefficient (Wildman–Crippen LogP) is 4.74. The van der Waals surface area contributed by atoms with Crippen molar-refractivity contribution in [3.05, 3.63) is 61.5 Å². The van der Waals surface area contributed by atoms with Gasteiger partial charge in [-0.05, 0) is 54.4 Å². The minimum Gasteiger partial charge on any atom is -0.376 e. The number of hydrogen-bond acceptors (Lipinski definition) is 3. The van der Waals surface area contributed by atoms with E-state index in [9.17, 15) is 4.79 Å². The highest BCUT2D eigenvalue weighted by molar-refractivity contribution is 9.11. The molecule has 0 saturated heterocycles. The molecular formula is C16H14Br2ClN3O. The number of hydrogen-bond donors (Lipinski definition) is 2. The first-order chi connectivity index (χ1) is 11.0. The van der Waals surface area contributed by atoms with Crippen molar-refractivity contribution in [3.8, 4) is 0 Å². The molecule has 0 fully saturated rings. The van der Waals surface area contributed by atoms with Crippen LogP contribution < -0.4 is 10.7 Å². The summed E-state index contributed by atoms with van der Waals surface area (Å²) in [5.74, 6) is -0.235. The average molecular weight is 460 g/mol. The second-order valence-electron chi connectivity index (χ2n) is 4.76. The maximum atomic E-state index is 11.7. The lowest BCUT2D eigenvalue weighted by molar-refractivity contribution is -0.119. The van der Waals surface area contributed by atoms with Crippen molar-refractivity contribution < 1.29 is 4.79 Å². The molecule has 23 heavy (non-hydrogen) atoms. The zero-order valence-corrected chi connectivity index (χ0v) is 16.2. The Hall–Kier alpha value is -1.37. The minimum atomic E-state index is -0.235. The van der Waals surface area contributed by atoms with Crippen molar-refractivity contribution in [1.82, 2.24) is 5.43 Å². The Labute approximate surface area is 156 Å². The molecule has 1 amide bonds. The van der Waals surface area contributed by atoms with E-state index in [4.69, 9.17) is 11.6 Å². The van der Waals surface area contributed by atoms with Crippen LogP contribution in [0.25, 0.3) is 0 Å². The van der Waals surface area contributed by atoms with Gasteiger partial charge in [-0.1, -0.05) is 43.5 Å². The van der Waals surface area contributed by atoms with E-state index in [2.05, 4.69) is 47.7 Å². The highest BCUT2D eigenvalue weighted by Crippen LogP contribution is 2.25. The van der Waals surface area contributed by atoms with Crippen molar-refractivity contribution in [2.45, 2.75) is 6.92 Å². The van der Waals surface area contributed by atoms with Gasteiger partial charge in [0.25, 0.3) is 5.91 Å². The molecule has 0 bridgehead atoms. The van der Waals surface area contributed by atoms with Crippen LogP contribution in [0.2, 0.25) is 5.02 Å². The highest BCUT2D eigenvalue weighted by Gasteiger charge is 2.02.